The van der Waals surface area contributed by atoms with Crippen molar-refractivity contribution in [3.63, 3.8) is 0 Å². The second kappa shape index (κ2) is 3.93. The smallest absolute Gasteiger partial charge is 0.158 e. The maximum absolute atomic E-state index is 4.60. The van der Waals surface area contributed by atoms with E-state index in [0.29, 0.717) is 5.92 Å². The largest absolute Gasteiger partial charge is 0.316 e. The van der Waals surface area contributed by atoms with Crippen molar-refractivity contribution >= 4 is 0 Å². The molecule has 0 saturated carbocycles. The van der Waals surface area contributed by atoms with Gasteiger partial charge in [0.05, 0.1) is 0 Å². The number of hydrogen-bond donors (Lipinski definition) is 2. The van der Waals surface area contributed by atoms with Crippen LogP contribution in [0.2, 0.25) is 0 Å². The summed E-state index contributed by atoms with van der Waals surface area (Å²) >= 11 is 0. The third-order valence-corrected chi connectivity index (χ3v) is 3.61. The fraction of sp³-hybridized carbons (Fsp3) is 0.818. The van der Waals surface area contributed by atoms with E-state index in [4.69, 9.17) is 0 Å². The summed E-state index contributed by atoms with van der Waals surface area (Å²) in [6.45, 7) is 8.70. The highest BCUT2D eigenvalue weighted by molar-refractivity contribution is 5.14. The SMILES string of the molecule is CCc1nc(C2(C(C)C)CCNC2)n[nH]1. The first-order chi connectivity index (χ1) is 7.19. The highest BCUT2D eigenvalue weighted by atomic mass is 15.2. The van der Waals surface area contributed by atoms with Crippen LogP contribution in [-0.4, -0.2) is 28.3 Å². The summed E-state index contributed by atoms with van der Waals surface area (Å²) in [4.78, 5) is 4.60. The van der Waals surface area contributed by atoms with Gasteiger partial charge in [-0.05, 0) is 18.9 Å². The second-order valence-electron chi connectivity index (χ2n) is 4.70. The van der Waals surface area contributed by atoms with E-state index in [2.05, 4.69) is 41.3 Å². The van der Waals surface area contributed by atoms with Crippen molar-refractivity contribution in [3.05, 3.63) is 11.6 Å². The Morgan fingerprint density at radius 3 is 2.73 bits per heavy atom. The van der Waals surface area contributed by atoms with E-state index in [-0.39, 0.29) is 5.41 Å². The van der Waals surface area contributed by atoms with E-state index in [9.17, 15) is 0 Å². The highest BCUT2D eigenvalue weighted by Gasteiger charge is 2.41. The van der Waals surface area contributed by atoms with Crippen molar-refractivity contribution in [1.29, 1.82) is 0 Å². The van der Waals surface area contributed by atoms with Gasteiger partial charge in [-0.15, -0.1) is 0 Å². The van der Waals surface area contributed by atoms with Gasteiger partial charge < -0.3 is 5.32 Å². The van der Waals surface area contributed by atoms with Crippen LogP contribution >= 0.6 is 0 Å². The minimum atomic E-state index is 0.143. The van der Waals surface area contributed by atoms with E-state index in [1.807, 2.05) is 0 Å². The zero-order valence-electron chi connectivity index (χ0n) is 9.80. The standard InChI is InChI=1S/C11H20N4/c1-4-9-13-10(15-14-9)11(8(2)3)5-6-12-7-11/h8,12H,4-7H2,1-3H3,(H,13,14,15). The topological polar surface area (TPSA) is 53.6 Å². The molecule has 0 aliphatic carbocycles. The molecule has 1 saturated heterocycles. The second-order valence-corrected chi connectivity index (χ2v) is 4.70. The van der Waals surface area contributed by atoms with E-state index in [1.165, 1.54) is 0 Å². The van der Waals surface area contributed by atoms with Gasteiger partial charge in [0.1, 0.15) is 5.82 Å². The number of H-pyrrole nitrogens is 1. The summed E-state index contributed by atoms with van der Waals surface area (Å²) in [5.74, 6) is 2.57. The molecule has 1 aliphatic rings. The summed E-state index contributed by atoms with van der Waals surface area (Å²) in [6.07, 6.45) is 2.07. The van der Waals surface area contributed by atoms with E-state index < -0.39 is 0 Å². The molecular formula is C11H20N4. The zero-order chi connectivity index (χ0) is 10.9. The fourth-order valence-corrected chi connectivity index (χ4v) is 2.33. The summed E-state index contributed by atoms with van der Waals surface area (Å²) in [5.41, 5.74) is 0.143. The Bertz CT molecular complexity index is 323. The molecule has 0 spiro atoms. The molecule has 84 valence electrons. The molecule has 0 amide bonds. The maximum Gasteiger partial charge on any atom is 0.158 e. The molecule has 0 radical (unpaired) electrons. The minimum absolute atomic E-state index is 0.143. The van der Waals surface area contributed by atoms with Gasteiger partial charge in [0.25, 0.3) is 0 Å². The van der Waals surface area contributed by atoms with Gasteiger partial charge >= 0.3 is 0 Å². The summed E-state index contributed by atoms with van der Waals surface area (Å²) in [7, 11) is 0. The van der Waals surface area contributed by atoms with E-state index in [1.54, 1.807) is 0 Å². The Morgan fingerprint density at radius 1 is 1.47 bits per heavy atom. The molecule has 4 heteroatoms. The Kier molecular flexibility index (Phi) is 2.78. The van der Waals surface area contributed by atoms with Gasteiger partial charge in [0, 0.05) is 18.4 Å². The molecule has 2 N–H and O–H groups in total. The molecule has 0 bridgehead atoms. The van der Waals surface area contributed by atoms with Crippen LogP contribution in [0.3, 0.4) is 0 Å². The fourth-order valence-electron chi connectivity index (χ4n) is 2.33. The van der Waals surface area contributed by atoms with Gasteiger partial charge in [-0.25, -0.2) is 4.98 Å². The zero-order valence-corrected chi connectivity index (χ0v) is 9.80. The maximum atomic E-state index is 4.60. The Balaban J connectivity index is 2.32. The van der Waals surface area contributed by atoms with Crippen LogP contribution in [0.4, 0.5) is 0 Å². The van der Waals surface area contributed by atoms with Crippen LogP contribution in [-0.2, 0) is 11.8 Å². The third kappa shape index (κ3) is 1.67. The lowest BCUT2D eigenvalue weighted by Gasteiger charge is -2.29. The average Bonchev–Trinajstić information content (AvgIpc) is 2.87. The lowest BCUT2D eigenvalue weighted by atomic mass is 9.76. The van der Waals surface area contributed by atoms with Crippen LogP contribution in [0.5, 0.6) is 0 Å². The molecule has 15 heavy (non-hydrogen) atoms. The Labute approximate surface area is 90.9 Å². The average molecular weight is 208 g/mol. The lowest BCUT2D eigenvalue weighted by molar-refractivity contribution is 0.318. The predicted octanol–water partition coefficient (Wildman–Crippen LogP) is 1.25. The van der Waals surface area contributed by atoms with Crippen LogP contribution in [0.1, 0.15) is 38.8 Å². The molecular weight excluding hydrogens is 188 g/mol. The van der Waals surface area contributed by atoms with Crippen LogP contribution < -0.4 is 5.32 Å². The van der Waals surface area contributed by atoms with Crippen LogP contribution in [0.15, 0.2) is 0 Å². The summed E-state index contributed by atoms with van der Waals surface area (Å²) in [5, 5.41) is 10.8. The van der Waals surface area contributed by atoms with Crippen molar-refractivity contribution in [2.24, 2.45) is 5.92 Å². The molecule has 1 fully saturated rings. The summed E-state index contributed by atoms with van der Waals surface area (Å²) in [6, 6.07) is 0. The number of aromatic nitrogens is 3. The van der Waals surface area contributed by atoms with E-state index >= 15 is 0 Å². The van der Waals surface area contributed by atoms with Gasteiger partial charge in [0.2, 0.25) is 0 Å². The molecule has 1 atom stereocenters. The van der Waals surface area contributed by atoms with Crippen molar-refractivity contribution < 1.29 is 0 Å². The van der Waals surface area contributed by atoms with Crippen LogP contribution in [0.25, 0.3) is 0 Å². The van der Waals surface area contributed by atoms with Crippen LogP contribution in [0, 0.1) is 5.92 Å². The first-order valence-electron chi connectivity index (χ1n) is 5.81. The van der Waals surface area contributed by atoms with Crippen molar-refractivity contribution in [1.82, 2.24) is 20.5 Å². The van der Waals surface area contributed by atoms with Gasteiger partial charge in [0.15, 0.2) is 5.82 Å². The first-order valence-corrected chi connectivity index (χ1v) is 5.81. The van der Waals surface area contributed by atoms with Crippen molar-refractivity contribution in [2.75, 3.05) is 13.1 Å². The molecule has 2 rings (SSSR count). The molecule has 1 aromatic rings. The number of aryl methyl sites for hydroxylation is 1. The molecule has 4 nitrogen and oxygen atoms in total. The molecule has 0 aromatic carbocycles. The lowest BCUT2D eigenvalue weighted by Crippen LogP contribution is -2.36. The Morgan fingerprint density at radius 2 is 2.27 bits per heavy atom. The minimum Gasteiger partial charge on any atom is -0.316 e. The van der Waals surface area contributed by atoms with Gasteiger partial charge in [-0.3, -0.25) is 5.10 Å². The number of hydrogen-bond acceptors (Lipinski definition) is 3. The highest BCUT2D eigenvalue weighted by Crippen LogP contribution is 2.35. The van der Waals surface area contributed by atoms with Gasteiger partial charge in [-0.1, -0.05) is 20.8 Å². The Hall–Kier alpha value is -0.900. The number of aromatic amines is 1. The summed E-state index contributed by atoms with van der Waals surface area (Å²) < 4.78 is 0. The van der Waals surface area contributed by atoms with Crippen molar-refractivity contribution in [3.8, 4) is 0 Å². The first kappa shape index (κ1) is 10.6. The molecule has 1 unspecified atom stereocenters. The monoisotopic (exact) mass is 208 g/mol. The molecule has 1 aliphatic heterocycles. The van der Waals surface area contributed by atoms with E-state index in [0.717, 1.165) is 37.6 Å². The van der Waals surface area contributed by atoms with Gasteiger partial charge in [-0.2, -0.15) is 5.10 Å². The number of rotatable bonds is 3. The molecule has 2 heterocycles. The van der Waals surface area contributed by atoms with Crippen molar-refractivity contribution in [2.45, 2.75) is 39.0 Å². The predicted molar refractivity (Wildman–Crippen MR) is 59.8 cm³/mol. The number of nitrogens with zero attached hydrogens (tertiary/aromatic N) is 2. The quantitative estimate of drug-likeness (QED) is 0.786. The normalized spacial score (nSPS) is 26.4. The third-order valence-electron chi connectivity index (χ3n) is 3.61. The number of nitrogens with one attached hydrogen (secondary N) is 2. The molecule has 1 aromatic heterocycles.